The molecule has 0 radical (unpaired) electrons. The summed E-state index contributed by atoms with van der Waals surface area (Å²) in [7, 11) is -16.9. The molecule has 8 N–H and O–H groups in total. The topological polar surface area (TPSA) is 332 Å². The lowest BCUT2D eigenvalue weighted by Gasteiger charge is -2.22. The fraction of sp³-hybridized carbons (Fsp3) is 0.500. The number of nitrogens with zero attached hydrogens (tertiary/aromatic N) is 3. The Labute approximate surface area is 289 Å². The maximum Gasteiger partial charge on any atom is 0.490 e. The van der Waals surface area contributed by atoms with Crippen LogP contribution < -0.4 is 16.7 Å². The lowest BCUT2D eigenvalue weighted by molar-refractivity contribution is -0.386. The second-order valence-corrected chi connectivity index (χ2v) is 15.8. The number of nitro benzene ring substituents is 1. The standard InChI is InChI=1S/C26H36N5O17P3/c1-15(2)9-22(19-7-6-17(10-20(19)31(35)36)5-4-8-28-16(3)32)44-13-18-12-30(26(34)29-25(18)27)24-11-21(33)23(46-24)14-45-50(40,41)48-51(42,43)47-49(37,38)39/h6-7,10,12,15,21-24,33H,8-9,11,13-14H2,1-3H3,(H,28,32)(H,40,41)(H,42,43)(H2,27,29,34)(H2,37,38,39)/t21-,22-,23-,24-/m1/s1. The van der Waals surface area contributed by atoms with Gasteiger partial charge in [0.05, 0.1) is 42.5 Å². The Balaban J connectivity index is 1.77. The predicted molar refractivity (Wildman–Crippen MR) is 173 cm³/mol. The number of carbonyl (C=O) groups is 1. The third kappa shape index (κ3) is 13.3. The van der Waals surface area contributed by atoms with E-state index in [9.17, 15) is 48.3 Å². The first kappa shape index (κ1) is 42.0. The molecular weight excluding hydrogens is 747 g/mol. The second-order valence-electron chi connectivity index (χ2n) is 11.3. The number of hydrogen-bond acceptors (Lipinski definition) is 15. The van der Waals surface area contributed by atoms with Crippen molar-refractivity contribution in [1.29, 1.82) is 0 Å². The van der Waals surface area contributed by atoms with Crippen LogP contribution in [0.5, 0.6) is 0 Å². The number of phosphoric ester groups is 1. The van der Waals surface area contributed by atoms with Gasteiger partial charge in [-0.05, 0) is 24.5 Å². The molecule has 0 saturated carbocycles. The highest BCUT2D eigenvalue weighted by Gasteiger charge is 2.43. The minimum absolute atomic E-state index is 0.00577. The molecule has 0 bridgehead atoms. The number of aliphatic hydroxyl groups is 1. The lowest BCUT2D eigenvalue weighted by atomic mass is 9.96. The molecule has 1 aliphatic rings. The summed E-state index contributed by atoms with van der Waals surface area (Å²) in [5.74, 6) is 4.95. The van der Waals surface area contributed by atoms with Crippen molar-refractivity contribution in [1.82, 2.24) is 14.9 Å². The van der Waals surface area contributed by atoms with Gasteiger partial charge in [0.2, 0.25) is 5.91 Å². The minimum atomic E-state index is -5.78. The zero-order chi connectivity index (χ0) is 38.3. The molecule has 1 aliphatic heterocycles. The Kier molecular flexibility index (Phi) is 14.4. The molecule has 3 rings (SSSR count). The summed E-state index contributed by atoms with van der Waals surface area (Å²) < 4.78 is 58.8. The van der Waals surface area contributed by atoms with Gasteiger partial charge in [-0.1, -0.05) is 25.7 Å². The van der Waals surface area contributed by atoms with Gasteiger partial charge in [0.1, 0.15) is 18.1 Å². The van der Waals surface area contributed by atoms with Crippen LogP contribution in [0.15, 0.2) is 29.2 Å². The Morgan fingerprint density at radius 2 is 1.90 bits per heavy atom. The zero-order valence-electron chi connectivity index (χ0n) is 27.1. The molecule has 0 spiro atoms. The number of phosphoric acid groups is 3. The molecule has 1 aromatic heterocycles. The average molecular weight is 784 g/mol. The maximum absolute atomic E-state index is 12.8. The summed E-state index contributed by atoms with van der Waals surface area (Å²) in [4.78, 5) is 75.3. The molecule has 1 aromatic carbocycles. The Hall–Kier alpha value is -3.38. The fourth-order valence-electron chi connectivity index (χ4n) is 4.62. The summed E-state index contributed by atoms with van der Waals surface area (Å²) in [5.41, 5.74) is 5.52. The van der Waals surface area contributed by atoms with Gasteiger partial charge in [-0.25, -0.2) is 18.5 Å². The Morgan fingerprint density at radius 1 is 1.22 bits per heavy atom. The number of anilines is 1. The van der Waals surface area contributed by atoms with Crippen LogP contribution in [0.2, 0.25) is 0 Å². The van der Waals surface area contributed by atoms with Crippen molar-refractivity contribution in [2.75, 3.05) is 18.9 Å². The molecule has 1 fully saturated rings. The first-order valence-corrected chi connectivity index (χ1v) is 19.2. The lowest BCUT2D eigenvalue weighted by Crippen LogP contribution is -2.29. The number of nitrogens with one attached hydrogen (secondary N) is 1. The number of hydrogen-bond donors (Lipinski definition) is 7. The van der Waals surface area contributed by atoms with E-state index in [0.717, 1.165) is 4.57 Å². The van der Waals surface area contributed by atoms with Crippen LogP contribution >= 0.6 is 23.5 Å². The predicted octanol–water partition coefficient (Wildman–Crippen LogP) is 1.52. The number of carbonyl (C=O) groups excluding carboxylic acids is 1. The van der Waals surface area contributed by atoms with E-state index >= 15 is 0 Å². The van der Waals surface area contributed by atoms with Crippen molar-refractivity contribution in [3.8, 4) is 11.8 Å². The van der Waals surface area contributed by atoms with Gasteiger partial charge < -0.3 is 45.2 Å². The number of aromatic nitrogens is 2. The van der Waals surface area contributed by atoms with Crippen molar-refractivity contribution < 1.29 is 70.7 Å². The van der Waals surface area contributed by atoms with E-state index in [1.165, 1.54) is 25.3 Å². The van der Waals surface area contributed by atoms with Gasteiger partial charge in [0.25, 0.3) is 5.69 Å². The number of benzene rings is 1. The third-order valence-corrected chi connectivity index (χ3v) is 10.6. The molecule has 0 aliphatic carbocycles. The molecule has 1 amide bonds. The van der Waals surface area contributed by atoms with E-state index in [2.05, 4.69) is 35.3 Å². The van der Waals surface area contributed by atoms with Gasteiger partial charge in [-0.15, -0.1) is 0 Å². The number of nitro groups is 1. The van der Waals surface area contributed by atoms with Crippen molar-refractivity contribution in [2.24, 2.45) is 5.92 Å². The van der Waals surface area contributed by atoms with Crippen LogP contribution in [0.1, 0.15) is 62.6 Å². The number of amides is 1. The summed E-state index contributed by atoms with van der Waals surface area (Å²) >= 11 is 0. The van der Waals surface area contributed by atoms with E-state index < -0.39 is 65.2 Å². The maximum atomic E-state index is 12.8. The number of ether oxygens (including phenoxy) is 2. The molecule has 25 heteroatoms. The molecule has 2 heterocycles. The molecule has 2 aromatic rings. The highest BCUT2D eigenvalue weighted by Crippen LogP contribution is 2.66. The van der Waals surface area contributed by atoms with E-state index in [0.29, 0.717) is 12.0 Å². The van der Waals surface area contributed by atoms with E-state index in [4.69, 9.17) is 25.0 Å². The minimum Gasteiger partial charge on any atom is -0.390 e. The highest BCUT2D eigenvalue weighted by molar-refractivity contribution is 7.66. The van der Waals surface area contributed by atoms with Crippen LogP contribution in [-0.4, -0.2) is 70.4 Å². The van der Waals surface area contributed by atoms with Crippen molar-refractivity contribution in [3.05, 3.63) is 61.7 Å². The molecule has 282 valence electrons. The molecule has 6 atom stereocenters. The molecule has 22 nitrogen and oxygen atoms in total. The van der Waals surface area contributed by atoms with E-state index in [1.54, 1.807) is 6.07 Å². The molecular formula is C26H36N5O17P3. The first-order chi connectivity index (χ1) is 23.6. The smallest absolute Gasteiger partial charge is 0.390 e. The van der Waals surface area contributed by atoms with Gasteiger partial charge in [-0.3, -0.25) is 24.0 Å². The molecule has 2 unspecified atom stereocenters. The second kappa shape index (κ2) is 17.4. The van der Waals surface area contributed by atoms with E-state index in [1.807, 2.05) is 13.8 Å². The quantitative estimate of drug-likeness (QED) is 0.0549. The summed E-state index contributed by atoms with van der Waals surface area (Å²) in [5, 5.41) is 25.0. The van der Waals surface area contributed by atoms with Crippen LogP contribution in [-0.2, 0) is 47.7 Å². The van der Waals surface area contributed by atoms with Gasteiger partial charge >= 0.3 is 29.2 Å². The van der Waals surface area contributed by atoms with Gasteiger partial charge in [0, 0.05) is 36.7 Å². The van der Waals surface area contributed by atoms with Crippen molar-refractivity contribution >= 4 is 40.9 Å². The fourth-order valence-corrected chi connectivity index (χ4v) is 7.65. The number of nitrogens with two attached hydrogens (primary N) is 1. The summed E-state index contributed by atoms with van der Waals surface area (Å²) in [6.45, 7) is 3.87. The Bertz CT molecular complexity index is 1870. The highest BCUT2D eigenvalue weighted by atomic mass is 31.3. The van der Waals surface area contributed by atoms with E-state index in [-0.39, 0.29) is 54.0 Å². The van der Waals surface area contributed by atoms with Crippen molar-refractivity contribution in [2.45, 2.75) is 64.8 Å². The normalized spacial score (nSPS) is 20.5. The average Bonchev–Trinajstić information content (AvgIpc) is 3.34. The van der Waals surface area contributed by atoms with Crippen LogP contribution in [0, 0.1) is 27.9 Å². The van der Waals surface area contributed by atoms with Crippen LogP contribution in [0.25, 0.3) is 0 Å². The van der Waals surface area contributed by atoms with Crippen molar-refractivity contribution in [3.63, 3.8) is 0 Å². The van der Waals surface area contributed by atoms with Gasteiger partial charge in [0.15, 0.2) is 0 Å². The SMILES string of the molecule is CC(=O)NCC#Cc1ccc([C@@H](CC(C)C)OCc2cn([C@H]3C[C@@H](O)[C@@H](COP(=O)(O)OP(=O)(O)OP(=O)(O)O)O3)c(=O)nc2N)c([N+](=O)[O-])c1. The van der Waals surface area contributed by atoms with Crippen LogP contribution in [0.4, 0.5) is 11.5 Å². The van der Waals surface area contributed by atoms with Gasteiger partial charge in [-0.2, -0.15) is 13.6 Å². The Morgan fingerprint density at radius 3 is 2.51 bits per heavy atom. The summed E-state index contributed by atoms with van der Waals surface area (Å²) in [6, 6.07) is 4.36. The number of aliphatic hydroxyl groups excluding tert-OH is 1. The largest absolute Gasteiger partial charge is 0.490 e. The third-order valence-electron chi connectivity index (χ3n) is 6.75. The monoisotopic (exact) mass is 783 g/mol. The first-order valence-electron chi connectivity index (χ1n) is 14.7. The van der Waals surface area contributed by atoms with Crippen LogP contribution in [0.3, 0.4) is 0 Å². The zero-order valence-corrected chi connectivity index (χ0v) is 29.8. The summed E-state index contributed by atoms with van der Waals surface area (Å²) in [6.07, 6.45) is -3.70. The number of nitrogen functional groups attached to an aromatic ring is 1. The number of rotatable bonds is 16. The molecule has 51 heavy (non-hydrogen) atoms. The molecule has 1 saturated heterocycles.